The molecule has 0 radical (unpaired) electrons. The third-order valence-electron chi connectivity index (χ3n) is 7.45. The lowest BCUT2D eigenvalue weighted by atomic mass is 9.51. The lowest BCUT2D eigenvalue weighted by Gasteiger charge is -2.54. The highest BCUT2D eigenvalue weighted by molar-refractivity contribution is 5.00. The van der Waals surface area contributed by atoms with Gasteiger partial charge in [0.25, 0.3) is 0 Å². The third kappa shape index (κ3) is 3.19. The van der Waals surface area contributed by atoms with Crippen molar-refractivity contribution in [2.75, 3.05) is 6.54 Å². The smallest absolute Gasteiger partial charge is 0.00126 e. The molecule has 0 amide bonds. The number of hydrogen-bond acceptors (Lipinski definition) is 1. The van der Waals surface area contributed by atoms with E-state index in [1.165, 1.54) is 96.3 Å². The summed E-state index contributed by atoms with van der Waals surface area (Å²) in [6.07, 6.45) is 22.2. The minimum Gasteiger partial charge on any atom is -0.330 e. The Bertz CT molecular complexity index is 247. The molecule has 0 aliphatic heterocycles. The molecule has 0 heterocycles. The molecule has 0 bridgehead atoms. The van der Waals surface area contributed by atoms with E-state index < -0.39 is 0 Å². The summed E-state index contributed by atoms with van der Waals surface area (Å²) in [5.74, 6) is 2.88. The first-order chi connectivity index (χ1) is 10.4. The van der Waals surface area contributed by atoms with Crippen molar-refractivity contribution in [3.05, 3.63) is 0 Å². The molecule has 0 aromatic carbocycles. The fourth-order valence-corrected chi connectivity index (χ4v) is 6.42. The zero-order chi connectivity index (χ0) is 14.5. The predicted molar refractivity (Wildman–Crippen MR) is 91.2 cm³/mol. The van der Waals surface area contributed by atoms with E-state index in [1.807, 2.05) is 0 Å². The summed E-state index contributed by atoms with van der Waals surface area (Å²) >= 11 is 0. The maximum absolute atomic E-state index is 6.60. The van der Waals surface area contributed by atoms with Gasteiger partial charge in [-0.15, -0.1) is 0 Å². The quantitative estimate of drug-likeness (QED) is 0.709. The molecule has 2 N–H and O–H groups in total. The van der Waals surface area contributed by atoms with Crippen LogP contribution in [0.25, 0.3) is 0 Å². The van der Waals surface area contributed by atoms with E-state index in [0.29, 0.717) is 5.41 Å². The molecule has 21 heavy (non-hydrogen) atoms. The van der Waals surface area contributed by atoms with Gasteiger partial charge in [0.05, 0.1) is 0 Å². The van der Waals surface area contributed by atoms with Gasteiger partial charge in [-0.25, -0.2) is 0 Å². The molecule has 3 rings (SSSR count). The second-order valence-electron chi connectivity index (χ2n) is 8.32. The Hall–Kier alpha value is -0.0400. The fraction of sp³-hybridized carbons (Fsp3) is 1.00. The van der Waals surface area contributed by atoms with Crippen LogP contribution in [0.3, 0.4) is 0 Å². The van der Waals surface area contributed by atoms with Crippen LogP contribution < -0.4 is 5.73 Å². The van der Waals surface area contributed by atoms with Crippen molar-refractivity contribution in [2.24, 2.45) is 28.9 Å². The molecule has 3 fully saturated rings. The van der Waals surface area contributed by atoms with Gasteiger partial charge in [0, 0.05) is 0 Å². The van der Waals surface area contributed by atoms with Crippen molar-refractivity contribution in [1.82, 2.24) is 0 Å². The Morgan fingerprint density at radius 3 is 1.05 bits per heavy atom. The topological polar surface area (TPSA) is 26.0 Å². The highest BCUT2D eigenvalue weighted by Crippen LogP contribution is 2.55. The molecule has 122 valence electrons. The first kappa shape index (κ1) is 15.8. The van der Waals surface area contributed by atoms with Crippen molar-refractivity contribution in [3.63, 3.8) is 0 Å². The highest BCUT2D eigenvalue weighted by atomic mass is 14.7. The average Bonchev–Trinajstić information content (AvgIpc) is 2.59. The van der Waals surface area contributed by atoms with Gasteiger partial charge in [0.2, 0.25) is 0 Å². The van der Waals surface area contributed by atoms with Crippen LogP contribution in [0.1, 0.15) is 96.3 Å². The van der Waals surface area contributed by atoms with Gasteiger partial charge < -0.3 is 5.73 Å². The first-order valence-electron chi connectivity index (χ1n) is 10.1. The summed E-state index contributed by atoms with van der Waals surface area (Å²) in [6.45, 7) is 0.993. The number of rotatable bonds is 4. The van der Waals surface area contributed by atoms with Crippen LogP contribution in [0.5, 0.6) is 0 Å². The third-order valence-corrected chi connectivity index (χ3v) is 7.45. The lowest BCUT2D eigenvalue weighted by molar-refractivity contribution is -0.0402. The van der Waals surface area contributed by atoms with Crippen LogP contribution >= 0.6 is 0 Å². The van der Waals surface area contributed by atoms with E-state index in [2.05, 4.69) is 0 Å². The van der Waals surface area contributed by atoms with Crippen LogP contribution in [0.4, 0.5) is 0 Å². The van der Waals surface area contributed by atoms with E-state index in [0.717, 1.165) is 24.3 Å². The standard InChI is InChI=1S/C20H37N/c21-16-20(17-10-4-1-5-11-17,18-12-6-2-7-13-18)19-14-8-3-9-15-19/h17-19H,1-16,21H2. The minimum atomic E-state index is 0.529. The molecule has 0 spiro atoms. The summed E-state index contributed by atoms with van der Waals surface area (Å²) in [4.78, 5) is 0. The molecular formula is C20H37N. The molecule has 0 unspecified atom stereocenters. The molecule has 3 aliphatic carbocycles. The molecule has 0 atom stereocenters. The molecule has 0 aromatic heterocycles. The Labute approximate surface area is 132 Å². The second-order valence-corrected chi connectivity index (χ2v) is 8.32. The fourth-order valence-electron chi connectivity index (χ4n) is 6.42. The van der Waals surface area contributed by atoms with Crippen molar-refractivity contribution in [1.29, 1.82) is 0 Å². The summed E-state index contributed by atoms with van der Waals surface area (Å²) in [5.41, 5.74) is 7.13. The monoisotopic (exact) mass is 291 g/mol. The maximum atomic E-state index is 6.60. The van der Waals surface area contributed by atoms with E-state index in [4.69, 9.17) is 5.73 Å². The summed E-state index contributed by atoms with van der Waals surface area (Å²) in [7, 11) is 0. The summed E-state index contributed by atoms with van der Waals surface area (Å²) < 4.78 is 0. The summed E-state index contributed by atoms with van der Waals surface area (Å²) in [6, 6.07) is 0. The van der Waals surface area contributed by atoms with E-state index >= 15 is 0 Å². The lowest BCUT2D eigenvalue weighted by Crippen LogP contribution is -2.51. The molecule has 3 aliphatic rings. The first-order valence-corrected chi connectivity index (χ1v) is 10.1. The van der Waals surface area contributed by atoms with Crippen molar-refractivity contribution in [2.45, 2.75) is 96.3 Å². The second kappa shape index (κ2) is 7.49. The van der Waals surface area contributed by atoms with E-state index in [-0.39, 0.29) is 0 Å². The predicted octanol–water partition coefficient (Wildman–Crippen LogP) is 5.67. The zero-order valence-corrected chi connectivity index (χ0v) is 14.1. The van der Waals surface area contributed by atoms with Crippen molar-refractivity contribution in [3.8, 4) is 0 Å². The van der Waals surface area contributed by atoms with E-state index in [9.17, 15) is 0 Å². The Kier molecular flexibility index (Phi) is 5.65. The van der Waals surface area contributed by atoms with Crippen LogP contribution in [0.2, 0.25) is 0 Å². The van der Waals surface area contributed by atoms with Gasteiger partial charge >= 0.3 is 0 Å². The van der Waals surface area contributed by atoms with E-state index in [1.54, 1.807) is 0 Å². The minimum absolute atomic E-state index is 0.529. The molecule has 3 saturated carbocycles. The maximum Gasteiger partial charge on any atom is -0.00126 e. The van der Waals surface area contributed by atoms with Gasteiger partial charge in [0.15, 0.2) is 0 Å². The van der Waals surface area contributed by atoms with Crippen LogP contribution in [-0.4, -0.2) is 6.54 Å². The van der Waals surface area contributed by atoms with Gasteiger partial charge in [-0.05, 0) is 68.2 Å². The SMILES string of the molecule is NCC(C1CCCCC1)(C1CCCCC1)C1CCCCC1. The zero-order valence-electron chi connectivity index (χ0n) is 14.1. The van der Waals surface area contributed by atoms with Gasteiger partial charge in [-0.1, -0.05) is 57.8 Å². The highest BCUT2D eigenvalue weighted by Gasteiger charge is 2.49. The average molecular weight is 292 g/mol. The molecule has 1 heteroatoms. The van der Waals surface area contributed by atoms with Crippen molar-refractivity contribution >= 4 is 0 Å². The Morgan fingerprint density at radius 2 is 0.810 bits per heavy atom. The molecule has 1 nitrogen and oxygen atoms in total. The normalized spacial score (nSPS) is 27.9. The number of nitrogens with two attached hydrogens (primary N) is 1. The Morgan fingerprint density at radius 1 is 0.524 bits per heavy atom. The van der Waals surface area contributed by atoms with Crippen LogP contribution in [0, 0.1) is 23.2 Å². The molecular weight excluding hydrogens is 254 g/mol. The van der Waals surface area contributed by atoms with Crippen LogP contribution in [-0.2, 0) is 0 Å². The molecule has 0 aromatic rings. The van der Waals surface area contributed by atoms with Gasteiger partial charge in [0.1, 0.15) is 0 Å². The Balaban J connectivity index is 1.85. The van der Waals surface area contributed by atoms with Gasteiger partial charge in [-0.2, -0.15) is 0 Å². The number of hydrogen-bond donors (Lipinski definition) is 1. The molecule has 0 saturated heterocycles. The van der Waals surface area contributed by atoms with Crippen LogP contribution in [0.15, 0.2) is 0 Å². The summed E-state index contributed by atoms with van der Waals surface area (Å²) in [5, 5.41) is 0. The van der Waals surface area contributed by atoms with Gasteiger partial charge in [-0.3, -0.25) is 0 Å². The van der Waals surface area contributed by atoms with Crippen molar-refractivity contribution < 1.29 is 0 Å². The largest absolute Gasteiger partial charge is 0.330 e.